The van der Waals surface area contributed by atoms with Gasteiger partial charge in [0.05, 0.1) is 5.02 Å². The van der Waals surface area contributed by atoms with Crippen molar-refractivity contribution in [3.05, 3.63) is 40.2 Å². The van der Waals surface area contributed by atoms with Crippen LogP contribution in [-0.4, -0.2) is 46.9 Å². The van der Waals surface area contributed by atoms with Crippen molar-refractivity contribution in [1.82, 2.24) is 10.2 Å². The zero-order valence-electron chi connectivity index (χ0n) is 15.2. The number of carbonyl (C=O) groups is 3. The standard InChI is InChI=1S/C19H22ClFN2O4/c1-11-3-5-15(21)14(17(11)20)4-6-16(24)23-9-7-13(8-10-23)18(25)22-12(2)19(26)27/h3-6,12-13H,7-10H2,1-2H3,(H,22,25)(H,26,27). The first-order valence-electron chi connectivity index (χ1n) is 8.65. The largest absolute Gasteiger partial charge is 0.480 e. The van der Waals surface area contributed by atoms with Crippen LogP contribution in [0.2, 0.25) is 5.02 Å². The summed E-state index contributed by atoms with van der Waals surface area (Å²) in [6, 6.07) is 1.92. The average molecular weight is 397 g/mol. The summed E-state index contributed by atoms with van der Waals surface area (Å²) in [4.78, 5) is 36.8. The molecule has 1 aliphatic heterocycles. The highest BCUT2D eigenvalue weighted by atomic mass is 35.5. The van der Waals surface area contributed by atoms with Crippen LogP contribution < -0.4 is 5.32 Å². The molecule has 27 heavy (non-hydrogen) atoms. The lowest BCUT2D eigenvalue weighted by Gasteiger charge is -2.31. The smallest absolute Gasteiger partial charge is 0.325 e. The molecule has 0 radical (unpaired) electrons. The molecule has 0 aromatic heterocycles. The van der Waals surface area contributed by atoms with Gasteiger partial charge in [0.1, 0.15) is 11.9 Å². The number of nitrogens with zero attached hydrogens (tertiary/aromatic N) is 1. The van der Waals surface area contributed by atoms with Crippen molar-refractivity contribution in [3.63, 3.8) is 0 Å². The Hall–Kier alpha value is -2.41. The van der Waals surface area contributed by atoms with E-state index in [9.17, 15) is 18.8 Å². The molecule has 8 heteroatoms. The first-order chi connectivity index (χ1) is 12.7. The molecule has 2 amide bonds. The molecule has 0 bridgehead atoms. The Bertz CT molecular complexity index is 773. The SMILES string of the molecule is Cc1ccc(F)c(C=CC(=O)N2CCC(C(=O)NC(C)C(=O)O)CC2)c1Cl. The molecule has 0 aliphatic carbocycles. The molecule has 0 saturated carbocycles. The van der Waals surface area contributed by atoms with Gasteiger partial charge in [-0.25, -0.2) is 4.39 Å². The van der Waals surface area contributed by atoms with Crippen LogP contribution >= 0.6 is 11.6 Å². The second-order valence-electron chi connectivity index (χ2n) is 6.59. The molecule has 1 fully saturated rings. The zero-order chi connectivity index (χ0) is 20.1. The number of piperidine rings is 1. The Morgan fingerprint density at radius 3 is 2.56 bits per heavy atom. The number of carboxylic acid groups (broad SMARTS) is 1. The van der Waals surface area contributed by atoms with Crippen LogP contribution in [0.15, 0.2) is 18.2 Å². The third-order valence-corrected chi connectivity index (χ3v) is 5.12. The van der Waals surface area contributed by atoms with Crippen LogP contribution in [0.3, 0.4) is 0 Å². The minimum absolute atomic E-state index is 0.168. The van der Waals surface area contributed by atoms with E-state index in [1.54, 1.807) is 17.9 Å². The molecule has 1 unspecified atom stereocenters. The van der Waals surface area contributed by atoms with Gasteiger partial charge >= 0.3 is 5.97 Å². The van der Waals surface area contributed by atoms with Gasteiger partial charge in [0.15, 0.2) is 0 Å². The van der Waals surface area contributed by atoms with Crippen molar-refractivity contribution in [3.8, 4) is 0 Å². The number of halogens is 2. The molecule has 2 rings (SSSR count). The number of benzene rings is 1. The van der Waals surface area contributed by atoms with Crippen LogP contribution in [0, 0.1) is 18.7 Å². The van der Waals surface area contributed by atoms with E-state index >= 15 is 0 Å². The van der Waals surface area contributed by atoms with Gasteiger partial charge in [0.2, 0.25) is 11.8 Å². The maximum atomic E-state index is 13.9. The van der Waals surface area contributed by atoms with Crippen LogP contribution in [-0.2, 0) is 14.4 Å². The molecular formula is C19H22ClFN2O4. The second-order valence-corrected chi connectivity index (χ2v) is 6.97. The van der Waals surface area contributed by atoms with Gasteiger partial charge in [-0.15, -0.1) is 0 Å². The van der Waals surface area contributed by atoms with Gasteiger partial charge in [-0.05, 0) is 44.4 Å². The number of aryl methyl sites for hydroxylation is 1. The fourth-order valence-corrected chi connectivity index (χ4v) is 3.06. The van der Waals surface area contributed by atoms with Crippen LogP contribution in [0.25, 0.3) is 6.08 Å². The summed E-state index contributed by atoms with van der Waals surface area (Å²) in [5.41, 5.74) is 0.884. The normalized spacial score (nSPS) is 16.4. The molecule has 1 aromatic rings. The average Bonchev–Trinajstić information content (AvgIpc) is 2.64. The van der Waals surface area contributed by atoms with Gasteiger partial charge in [0, 0.05) is 30.6 Å². The summed E-state index contributed by atoms with van der Waals surface area (Å²) in [5, 5.41) is 11.6. The Labute approximate surface area is 162 Å². The van der Waals surface area contributed by atoms with E-state index < -0.39 is 17.8 Å². The van der Waals surface area contributed by atoms with Gasteiger partial charge in [-0.1, -0.05) is 17.7 Å². The molecule has 2 N–H and O–H groups in total. The highest BCUT2D eigenvalue weighted by molar-refractivity contribution is 6.32. The minimum atomic E-state index is -1.09. The van der Waals surface area contributed by atoms with Crippen molar-refractivity contribution in [1.29, 1.82) is 0 Å². The van der Waals surface area contributed by atoms with Crippen molar-refractivity contribution in [2.75, 3.05) is 13.1 Å². The molecule has 1 aliphatic rings. The number of rotatable bonds is 5. The predicted molar refractivity (Wildman–Crippen MR) is 99.7 cm³/mol. The number of hydrogen-bond donors (Lipinski definition) is 2. The number of hydrogen-bond acceptors (Lipinski definition) is 3. The lowest BCUT2D eigenvalue weighted by molar-refractivity contribution is -0.142. The number of carbonyl (C=O) groups excluding carboxylic acids is 2. The molecule has 1 atom stereocenters. The lowest BCUT2D eigenvalue weighted by Crippen LogP contribution is -2.46. The third-order valence-electron chi connectivity index (χ3n) is 4.62. The summed E-state index contributed by atoms with van der Waals surface area (Å²) in [5.74, 6) is -2.53. The molecule has 1 aromatic carbocycles. The summed E-state index contributed by atoms with van der Waals surface area (Å²) >= 11 is 6.08. The Morgan fingerprint density at radius 2 is 1.96 bits per heavy atom. The van der Waals surface area contributed by atoms with Crippen molar-refractivity contribution < 1.29 is 23.9 Å². The number of nitrogens with one attached hydrogen (secondary N) is 1. The van der Waals surface area contributed by atoms with Crippen molar-refractivity contribution >= 4 is 35.5 Å². The number of likely N-dealkylation sites (tertiary alicyclic amines) is 1. The van der Waals surface area contributed by atoms with E-state index in [0.29, 0.717) is 31.5 Å². The molecule has 146 valence electrons. The predicted octanol–water partition coefficient (Wildman–Crippen LogP) is 2.63. The van der Waals surface area contributed by atoms with Gasteiger partial charge < -0.3 is 15.3 Å². The van der Waals surface area contributed by atoms with Crippen LogP contribution in [0.5, 0.6) is 0 Å². The Kier molecular flexibility index (Phi) is 6.96. The molecule has 1 saturated heterocycles. The summed E-state index contributed by atoms with van der Waals surface area (Å²) in [6.07, 6.45) is 3.52. The maximum Gasteiger partial charge on any atom is 0.325 e. The van der Waals surface area contributed by atoms with E-state index in [4.69, 9.17) is 16.7 Å². The fraction of sp³-hybridized carbons (Fsp3) is 0.421. The van der Waals surface area contributed by atoms with E-state index in [-0.39, 0.29) is 28.3 Å². The molecule has 0 spiro atoms. The van der Waals surface area contributed by atoms with E-state index in [1.807, 2.05) is 0 Å². The topological polar surface area (TPSA) is 86.7 Å². The van der Waals surface area contributed by atoms with Gasteiger partial charge in [-0.3, -0.25) is 14.4 Å². The highest BCUT2D eigenvalue weighted by Gasteiger charge is 2.28. The third kappa shape index (κ3) is 5.29. The summed E-state index contributed by atoms with van der Waals surface area (Å²) in [7, 11) is 0. The number of amides is 2. The molecule has 1 heterocycles. The van der Waals surface area contributed by atoms with E-state index in [1.165, 1.54) is 25.1 Å². The quantitative estimate of drug-likeness (QED) is 0.749. The first kappa shape index (κ1) is 20.9. The summed E-state index contributed by atoms with van der Waals surface area (Å²) in [6.45, 7) is 3.89. The summed E-state index contributed by atoms with van der Waals surface area (Å²) < 4.78 is 13.9. The Balaban J connectivity index is 1.93. The van der Waals surface area contributed by atoms with Crippen LogP contribution in [0.4, 0.5) is 4.39 Å². The monoisotopic (exact) mass is 396 g/mol. The molecular weight excluding hydrogens is 375 g/mol. The van der Waals surface area contributed by atoms with E-state index in [2.05, 4.69) is 5.32 Å². The first-order valence-corrected chi connectivity index (χ1v) is 9.03. The minimum Gasteiger partial charge on any atom is -0.480 e. The number of aliphatic carboxylic acids is 1. The lowest BCUT2D eigenvalue weighted by atomic mass is 9.95. The zero-order valence-corrected chi connectivity index (χ0v) is 15.9. The molecule has 6 nitrogen and oxygen atoms in total. The van der Waals surface area contributed by atoms with E-state index in [0.717, 1.165) is 0 Å². The van der Waals surface area contributed by atoms with Crippen LogP contribution in [0.1, 0.15) is 30.9 Å². The number of carboxylic acids is 1. The van der Waals surface area contributed by atoms with Crippen molar-refractivity contribution in [2.24, 2.45) is 5.92 Å². The second kappa shape index (κ2) is 8.99. The van der Waals surface area contributed by atoms with Gasteiger partial charge in [-0.2, -0.15) is 0 Å². The fourth-order valence-electron chi connectivity index (χ4n) is 2.85. The Morgan fingerprint density at radius 1 is 1.33 bits per heavy atom. The maximum absolute atomic E-state index is 13.9. The van der Waals surface area contributed by atoms with Gasteiger partial charge in [0.25, 0.3) is 0 Å². The highest BCUT2D eigenvalue weighted by Crippen LogP contribution is 2.25. The van der Waals surface area contributed by atoms with Crippen molar-refractivity contribution in [2.45, 2.75) is 32.7 Å².